The van der Waals surface area contributed by atoms with Gasteiger partial charge in [-0.15, -0.1) is 16.4 Å². The summed E-state index contributed by atoms with van der Waals surface area (Å²) < 4.78 is 20.9. The van der Waals surface area contributed by atoms with Gasteiger partial charge < -0.3 is 9.64 Å². The van der Waals surface area contributed by atoms with E-state index in [2.05, 4.69) is 15.1 Å². The number of benzene rings is 1. The van der Waals surface area contributed by atoms with E-state index in [4.69, 9.17) is 4.74 Å². The molecule has 0 N–H and O–H groups in total. The summed E-state index contributed by atoms with van der Waals surface area (Å²) in [4.78, 5) is 23.6. The summed E-state index contributed by atoms with van der Waals surface area (Å²) in [6.45, 7) is 5.83. The van der Waals surface area contributed by atoms with Crippen molar-refractivity contribution in [3.8, 4) is 5.88 Å². The Morgan fingerprint density at radius 1 is 1.19 bits per heavy atom. The first kappa shape index (κ1) is 20.9. The lowest BCUT2D eigenvalue weighted by Gasteiger charge is -2.22. The molecule has 9 heteroatoms. The number of carbonyl (C=O) groups is 1. The highest BCUT2D eigenvalue weighted by Gasteiger charge is 2.21. The van der Waals surface area contributed by atoms with Gasteiger partial charge in [-0.25, -0.2) is 19.0 Å². The van der Waals surface area contributed by atoms with Crippen LogP contribution in [0, 0.1) is 26.6 Å². The molecule has 0 atom stereocenters. The summed E-state index contributed by atoms with van der Waals surface area (Å²) in [5.41, 5.74) is 3.90. The molecule has 0 aliphatic carbocycles. The number of hydrogen-bond acceptors (Lipinski definition) is 6. The molecule has 1 amide bonds. The fourth-order valence-corrected chi connectivity index (χ4v) is 4.05. The van der Waals surface area contributed by atoms with Gasteiger partial charge in [0.15, 0.2) is 12.3 Å². The molecular formula is C22H22FN5O2S. The van der Waals surface area contributed by atoms with Crippen LogP contribution < -0.4 is 9.64 Å². The maximum Gasteiger partial charge on any atom is 0.265 e. The molecule has 4 aromatic rings. The molecule has 160 valence electrons. The van der Waals surface area contributed by atoms with Crippen LogP contribution in [0.15, 0.2) is 35.7 Å². The molecule has 0 aliphatic rings. The Balaban J connectivity index is 1.59. The fourth-order valence-electron chi connectivity index (χ4n) is 3.45. The Bertz CT molecular complexity index is 1250. The number of aromatic nitrogens is 4. The summed E-state index contributed by atoms with van der Waals surface area (Å²) >= 11 is 1.51. The predicted octanol–water partition coefficient (Wildman–Crippen LogP) is 4.10. The first-order valence-corrected chi connectivity index (χ1v) is 10.6. The van der Waals surface area contributed by atoms with Gasteiger partial charge in [-0.1, -0.05) is 0 Å². The van der Waals surface area contributed by atoms with Crippen molar-refractivity contribution >= 4 is 34.0 Å². The van der Waals surface area contributed by atoms with Crippen molar-refractivity contribution in [1.29, 1.82) is 0 Å². The molecule has 0 bridgehead atoms. The van der Waals surface area contributed by atoms with Crippen LogP contribution in [0.25, 0.3) is 11.0 Å². The van der Waals surface area contributed by atoms with Crippen molar-refractivity contribution in [2.45, 2.75) is 27.3 Å². The van der Waals surface area contributed by atoms with Gasteiger partial charge in [0, 0.05) is 23.8 Å². The van der Waals surface area contributed by atoms with Gasteiger partial charge in [0.05, 0.1) is 22.6 Å². The first-order chi connectivity index (χ1) is 14.8. The van der Waals surface area contributed by atoms with E-state index >= 15 is 0 Å². The van der Waals surface area contributed by atoms with Crippen molar-refractivity contribution < 1.29 is 13.9 Å². The molecule has 1 aromatic carbocycles. The van der Waals surface area contributed by atoms with Gasteiger partial charge in [-0.05, 0) is 56.7 Å². The second kappa shape index (κ2) is 8.43. The molecule has 0 fully saturated rings. The van der Waals surface area contributed by atoms with Crippen LogP contribution in [0.4, 0.5) is 10.1 Å². The van der Waals surface area contributed by atoms with E-state index in [1.807, 2.05) is 32.2 Å². The van der Waals surface area contributed by atoms with E-state index < -0.39 is 0 Å². The zero-order chi connectivity index (χ0) is 22.1. The zero-order valence-corrected chi connectivity index (χ0v) is 18.5. The van der Waals surface area contributed by atoms with E-state index in [0.717, 1.165) is 27.3 Å². The van der Waals surface area contributed by atoms with Crippen LogP contribution in [-0.4, -0.2) is 32.3 Å². The predicted molar refractivity (Wildman–Crippen MR) is 118 cm³/mol. The third-order valence-electron chi connectivity index (χ3n) is 4.85. The third-order valence-corrected chi connectivity index (χ3v) is 5.67. The average molecular weight is 440 g/mol. The van der Waals surface area contributed by atoms with E-state index in [9.17, 15) is 9.18 Å². The highest BCUT2D eigenvalue weighted by Crippen LogP contribution is 2.27. The maximum absolute atomic E-state index is 13.4. The Kier molecular flexibility index (Phi) is 5.69. The highest BCUT2D eigenvalue weighted by atomic mass is 32.1. The monoisotopic (exact) mass is 439 g/mol. The number of ether oxygens (including phenoxy) is 1. The SMILES string of the molecule is Cc1cc(C)c2c(OCC(=O)N(Cc3csc(C)n3)c3ccc(F)cc3)nn(C)c2n1. The van der Waals surface area contributed by atoms with E-state index in [-0.39, 0.29) is 24.9 Å². The molecule has 31 heavy (non-hydrogen) atoms. The van der Waals surface area contributed by atoms with Crippen molar-refractivity contribution in [2.75, 3.05) is 11.5 Å². The van der Waals surface area contributed by atoms with E-state index in [1.54, 1.807) is 23.9 Å². The summed E-state index contributed by atoms with van der Waals surface area (Å²) in [6.07, 6.45) is 0. The summed E-state index contributed by atoms with van der Waals surface area (Å²) in [5, 5.41) is 8.00. The standard InChI is InChI=1S/C22H22FN5O2S/c1-13-9-14(2)24-21-20(13)22(26-27(21)4)30-11-19(29)28(10-17-12-31-15(3)25-17)18-7-5-16(23)6-8-18/h5-9,12H,10-11H2,1-4H3. The Labute approximate surface area is 183 Å². The number of anilines is 1. The van der Waals surface area contributed by atoms with E-state index in [1.165, 1.54) is 28.4 Å². The molecule has 7 nitrogen and oxygen atoms in total. The molecule has 0 aliphatic heterocycles. The van der Waals surface area contributed by atoms with Gasteiger partial charge >= 0.3 is 0 Å². The molecular weight excluding hydrogens is 417 g/mol. The summed E-state index contributed by atoms with van der Waals surface area (Å²) in [5.74, 6) is -0.289. The largest absolute Gasteiger partial charge is 0.466 e. The number of carbonyl (C=O) groups excluding carboxylic acids is 1. The first-order valence-electron chi connectivity index (χ1n) is 9.72. The Hall–Kier alpha value is -3.33. The quantitative estimate of drug-likeness (QED) is 0.452. The van der Waals surface area contributed by atoms with Crippen LogP contribution in [0.2, 0.25) is 0 Å². The average Bonchev–Trinajstić information content (AvgIpc) is 3.28. The van der Waals surface area contributed by atoms with Gasteiger partial charge in [0.1, 0.15) is 5.82 Å². The lowest BCUT2D eigenvalue weighted by Crippen LogP contribution is -2.34. The van der Waals surface area contributed by atoms with Crippen LogP contribution in [-0.2, 0) is 18.4 Å². The lowest BCUT2D eigenvalue weighted by molar-refractivity contribution is -0.120. The number of thiazole rings is 1. The second-order valence-corrected chi connectivity index (χ2v) is 8.37. The Morgan fingerprint density at radius 2 is 1.94 bits per heavy atom. The molecule has 0 saturated carbocycles. The summed E-state index contributed by atoms with van der Waals surface area (Å²) in [7, 11) is 1.79. The van der Waals surface area contributed by atoms with Gasteiger partial charge in [-0.3, -0.25) is 4.79 Å². The number of halogens is 1. The topological polar surface area (TPSA) is 73.1 Å². The minimum absolute atomic E-state index is 0.222. The van der Waals surface area contributed by atoms with Crippen molar-refractivity contribution in [3.63, 3.8) is 0 Å². The molecule has 0 unspecified atom stereocenters. The maximum atomic E-state index is 13.4. The molecule has 4 rings (SSSR count). The molecule has 0 saturated heterocycles. The Morgan fingerprint density at radius 3 is 2.61 bits per heavy atom. The molecule has 0 spiro atoms. The van der Waals surface area contributed by atoms with Crippen molar-refractivity contribution in [1.82, 2.24) is 19.7 Å². The van der Waals surface area contributed by atoms with Crippen molar-refractivity contribution in [2.24, 2.45) is 7.05 Å². The third kappa shape index (κ3) is 4.41. The van der Waals surface area contributed by atoms with Gasteiger partial charge in [0.2, 0.25) is 5.88 Å². The minimum atomic E-state index is -0.366. The fraction of sp³-hybridized carbons (Fsp3) is 0.273. The number of nitrogens with zero attached hydrogens (tertiary/aromatic N) is 5. The zero-order valence-electron chi connectivity index (χ0n) is 17.7. The number of fused-ring (bicyclic) bond motifs is 1. The molecule has 3 heterocycles. The number of pyridine rings is 1. The highest BCUT2D eigenvalue weighted by molar-refractivity contribution is 7.09. The smallest absolute Gasteiger partial charge is 0.265 e. The van der Waals surface area contributed by atoms with Crippen LogP contribution in [0.1, 0.15) is 22.0 Å². The van der Waals surface area contributed by atoms with Crippen LogP contribution in [0.5, 0.6) is 5.88 Å². The van der Waals surface area contributed by atoms with Gasteiger partial charge in [0.25, 0.3) is 5.91 Å². The number of rotatable bonds is 6. The minimum Gasteiger partial charge on any atom is -0.466 e. The number of hydrogen-bond donors (Lipinski definition) is 0. The number of amides is 1. The molecule has 3 aromatic heterocycles. The second-order valence-electron chi connectivity index (χ2n) is 7.31. The van der Waals surface area contributed by atoms with Gasteiger partial charge in [-0.2, -0.15) is 0 Å². The number of aryl methyl sites for hydroxylation is 4. The van der Waals surface area contributed by atoms with Crippen LogP contribution >= 0.6 is 11.3 Å². The summed E-state index contributed by atoms with van der Waals surface area (Å²) in [6, 6.07) is 7.74. The lowest BCUT2D eigenvalue weighted by atomic mass is 10.2. The normalized spacial score (nSPS) is 11.1. The van der Waals surface area contributed by atoms with Crippen molar-refractivity contribution in [3.05, 3.63) is 63.5 Å². The van der Waals surface area contributed by atoms with E-state index in [0.29, 0.717) is 17.2 Å². The molecule has 0 radical (unpaired) electrons. The van der Waals surface area contributed by atoms with Crippen LogP contribution in [0.3, 0.4) is 0 Å².